The zero-order valence-electron chi connectivity index (χ0n) is 9.23. The van der Waals surface area contributed by atoms with Gasteiger partial charge in [-0.1, -0.05) is 6.07 Å². The molecule has 4 nitrogen and oxygen atoms in total. The highest BCUT2D eigenvalue weighted by atomic mass is 32.1. The molecule has 0 amide bonds. The lowest BCUT2D eigenvalue weighted by Gasteiger charge is -2.10. The molecule has 0 fully saturated rings. The highest BCUT2D eigenvalue weighted by Crippen LogP contribution is 2.32. The van der Waals surface area contributed by atoms with Crippen LogP contribution in [0, 0.1) is 0 Å². The zero-order chi connectivity index (χ0) is 14.0. The minimum Gasteiger partial charge on any atom is -0.376 e. The molecule has 0 aliphatic heterocycles. The number of thiophene rings is 1. The molecule has 0 bridgehead atoms. The third kappa shape index (κ3) is 3.38. The van der Waals surface area contributed by atoms with Crippen LogP contribution in [0.3, 0.4) is 0 Å². The van der Waals surface area contributed by atoms with E-state index >= 15 is 0 Å². The van der Waals surface area contributed by atoms with Crippen molar-refractivity contribution in [2.75, 3.05) is 5.32 Å². The van der Waals surface area contributed by atoms with Crippen molar-refractivity contribution in [1.29, 1.82) is 0 Å². The van der Waals surface area contributed by atoms with Crippen molar-refractivity contribution in [2.24, 2.45) is 5.73 Å². The zero-order valence-corrected chi connectivity index (χ0v) is 10.9. The van der Waals surface area contributed by atoms with E-state index in [0.717, 1.165) is 6.07 Å². The van der Waals surface area contributed by atoms with E-state index in [1.807, 2.05) is 0 Å². The van der Waals surface area contributed by atoms with Gasteiger partial charge in [0.2, 0.25) is 5.95 Å². The minimum absolute atomic E-state index is 0.163. The molecule has 0 saturated heterocycles. The standard InChI is InChI=1S/C10H7F3N4S2/c11-10(12,13)7-4-5(6-2-1-3-19-6)15-9(16-7)17-8(14)18/h1-4H,(H3,14,15,16,17,18). The van der Waals surface area contributed by atoms with Crippen LogP contribution in [-0.4, -0.2) is 15.1 Å². The molecule has 2 aromatic rings. The quantitative estimate of drug-likeness (QED) is 0.835. The minimum atomic E-state index is -4.57. The number of hydrogen-bond donors (Lipinski definition) is 2. The van der Waals surface area contributed by atoms with Crippen molar-refractivity contribution in [3.05, 3.63) is 29.3 Å². The van der Waals surface area contributed by atoms with Crippen LogP contribution in [0.15, 0.2) is 23.6 Å². The molecule has 9 heteroatoms. The molecule has 2 aromatic heterocycles. The number of nitrogens with one attached hydrogen (secondary N) is 1. The lowest BCUT2D eigenvalue weighted by Crippen LogP contribution is -2.22. The van der Waals surface area contributed by atoms with E-state index in [2.05, 4.69) is 27.5 Å². The van der Waals surface area contributed by atoms with Crippen LogP contribution >= 0.6 is 23.6 Å². The summed E-state index contributed by atoms with van der Waals surface area (Å²) in [6.07, 6.45) is -4.57. The highest BCUT2D eigenvalue weighted by molar-refractivity contribution is 7.80. The van der Waals surface area contributed by atoms with Crippen LogP contribution in [0.25, 0.3) is 10.6 Å². The van der Waals surface area contributed by atoms with Crippen molar-refractivity contribution in [2.45, 2.75) is 6.18 Å². The molecule has 2 rings (SSSR count). The van der Waals surface area contributed by atoms with Gasteiger partial charge in [0.15, 0.2) is 10.8 Å². The Morgan fingerprint density at radius 1 is 1.37 bits per heavy atom. The van der Waals surface area contributed by atoms with Crippen molar-refractivity contribution in [3.8, 4) is 10.6 Å². The second-order valence-corrected chi connectivity index (χ2v) is 4.81. The number of thiocarbonyl (C=S) groups is 1. The van der Waals surface area contributed by atoms with Gasteiger partial charge in [-0.05, 0) is 29.7 Å². The maximum atomic E-state index is 12.7. The molecule has 0 saturated carbocycles. The summed E-state index contributed by atoms with van der Waals surface area (Å²) >= 11 is 5.84. The molecule has 100 valence electrons. The van der Waals surface area contributed by atoms with E-state index in [-0.39, 0.29) is 16.8 Å². The van der Waals surface area contributed by atoms with Crippen molar-refractivity contribution in [1.82, 2.24) is 9.97 Å². The molecule has 0 spiro atoms. The van der Waals surface area contributed by atoms with Gasteiger partial charge in [0.1, 0.15) is 0 Å². The Hall–Kier alpha value is -1.74. The summed E-state index contributed by atoms with van der Waals surface area (Å²) in [6.45, 7) is 0. The van der Waals surface area contributed by atoms with Gasteiger partial charge in [-0.2, -0.15) is 13.2 Å². The molecule has 0 aliphatic rings. The second-order valence-electron chi connectivity index (χ2n) is 3.43. The number of nitrogens with two attached hydrogens (primary N) is 1. The predicted octanol–water partition coefficient (Wildman–Crippen LogP) is 2.88. The SMILES string of the molecule is NC(=S)Nc1nc(-c2cccs2)cc(C(F)(F)F)n1. The number of rotatable bonds is 2. The summed E-state index contributed by atoms with van der Waals surface area (Å²) < 4.78 is 38.2. The van der Waals surface area contributed by atoms with E-state index in [0.29, 0.717) is 4.88 Å². The molecular formula is C10H7F3N4S2. The van der Waals surface area contributed by atoms with E-state index in [1.165, 1.54) is 11.3 Å². The number of anilines is 1. The van der Waals surface area contributed by atoms with Gasteiger partial charge in [-0.15, -0.1) is 11.3 Å². The van der Waals surface area contributed by atoms with Crippen LogP contribution in [-0.2, 0) is 6.18 Å². The highest BCUT2D eigenvalue weighted by Gasteiger charge is 2.34. The Kier molecular flexibility index (Phi) is 3.67. The first-order chi connectivity index (χ1) is 8.86. The summed E-state index contributed by atoms with van der Waals surface area (Å²) in [6, 6.07) is 4.27. The molecule has 19 heavy (non-hydrogen) atoms. The third-order valence-electron chi connectivity index (χ3n) is 2.03. The number of halogens is 3. The van der Waals surface area contributed by atoms with Crippen LogP contribution in [0.4, 0.5) is 19.1 Å². The van der Waals surface area contributed by atoms with Gasteiger partial charge in [-0.3, -0.25) is 0 Å². The molecule has 0 aliphatic carbocycles. The fraction of sp³-hybridized carbons (Fsp3) is 0.100. The first-order valence-electron chi connectivity index (χ1n) is 4.93. The Bertz CT molecular complexity index is 595. The maximum Gasteiger partial charge on any atom is 0.433 e. The van der Waals surface area contributed by atoms with Gasteiger partial charge in [-0.25, -0.2) is 9.97 Å². The van der Waals surface area contributed by atoms with Crippen molar-refractivity contribution < 1.29 is 13.2 Å². The monoisotopic (exact) mass is 304 g/mol. The molecule has 0 atom stereocenters. The largest absolute Gasteiger partial charge is 0.433 e. The Labute approximate surface area is 115 Å². The smallest absolute Gasteiger partial charge is 0.376 e. The Morgan fingerprint density at radius 2 is 2.11 bits per heavy atom. The van der Waals surface area contributed by atoms with Crippen LogP contribution in [0.1, 0.15) is 5.69 Å². The number of aromatic nitrogens is 2. The number of hydrogen-bond acceptors (Lipinski definition) is 4. The van der Waals surface area contributed by atoms with Gasteiger partial charge in [0, 0.05) is 0 Å². The van der Waals surface area contributed by atoms with E-state index < -0.39 is 11.9 Å². The average Bonchev–Trinajstić information content (AvgIpc) is 2.79. The Morgan fingerprint density at radius 3 is 2.63 bits per heavy atom. The summed E-state index contributed by atoms with van der Waals surface area (Å²) in [7, 11) is 0. The van der Waals surface area contributed by atoms with Crippen LogP contribution < -0.4 is 11.1 Å². The fourth-order valence-corrected chi connectivity index (χ4v) is 2.09. The third-order valence-corrected chi connectivity index (χ3v) is 3.02. The molecule has 2 heterocycles. The molecule has 0 aromatic carbocycles. The first-order valence-corrected chi connectivity index (χ1v) is 6.21. The van der Waals surface area contributed by atoms with Gasteiger partial charge in [0.25, 0.3) is 0 Å². The lowest BCUT2D eigenvalue weighted by atomic mass is 10.3. The maximum absolute atomic E-state index is 12.7. The first kappa shape index (κ1) is 13.7. The average molecular weight is 304 g/mol. The van der Waals surface area contributed by atoms with Gasteiger partial charge < -0.3 is 11.1 Å². The summed E-state index contributed by atoms with van der Waals surface area (Å²) in [5.41, 5.74) is 4.33. The molecule has 0 unspecified atom stereocenters. The van der Waals surface area contributed by atoms with Gasteiger partial charge in [0.05, 0.1) is 10.6 Å². The van der Waals surface area contributed by atoms with E-state index in [1.54, 1.807) is 17.5 Å². The van der Waals surface area contributed by atoms with Gasteiger partial charge >= 0.3 is 6.18 Å². The Balaban J connectivity index is 2.52. The number of nitrogens with zero attached hydrogens (tertiary/aromatic N) is 2. The molecule has 0 radical (unpaired) electrons. The summed E-state index contributed by atoms with van der Waals surface area (Å²) in [4.78, 5) is 7.89. The summed E-state index contributed by atoms with van der Waals surface area (Å²) in [5.74, 6) is -0.272. The molecule has 3 N–H and O–H groups in total. The van der Waals surface area contributed by atoms with E-state index in [4.69, 9.17) is 5.73 Å². The van der Waals surface area contributed by atoms with E-state index in [9.17, 15) is 13.2 Å². The van der Waals surface area contributed by atoms with Crippen molar-refractivity contribution in [3.63, 3.8) is 0 Å². The fourth-order valence-electron chi connectivity index (χ4n) is 1.31. The predicted molar refractivity (Wildman–Crippen MR) is 70.8 cm³/mol. The van der Waals surface area contributed by atoms with Crippen molar-refractivity contribution >= 4 is 34.6 Å². The number of alkyl halides is 3. The normalized spacial score (nSPS) is 11.3. The second kappa shape index (κ2) is 5.10. The lowest BCUT2D eigenvalue weighted by molar-refractivity contribution is -0.141. The molecular weight excluding hydrogens is 297 g/mol. The topological polar surface area (TPSA) is 63.8 Å². The van der Waals surface area contributed by atoms with Crippen LogP contribution in [0.2, 0.25) is 0 Å². The summed E-state index contributed by atoms with van der Waals surface area (Å²) in [5, 5.41) is 3.85. The van der Waals surface area contributed by atoms with Crippen LogP contribution in [0.5, 0.6) is 0 Å².